The van der Waals surface area contributed by atoms with Gasteiger partial charge in [0, 0.05) is 30.3 Å². The van der Waals surface area contributed by atoms with E-state index < -0.39 is 23.8 Å². The number of benzene rings is 4. The minimum atomic E-state index is -0.979. The highest BCUT2D eigenvalue weighted by Crippen LogP contribution is 2.40. The Morgan fingerprint density at radius 3 is 2.15 bits per heavy atom. The normalized spacial score (nSPS) is 16.8. The zero-order valence-electron chi connectivity index (χ0n) is 22.3. The summed E-state index contributed by atoms with van der Waals surface area (Å²) in [7, 11) is 0. The first-order valence-electron chi connectivity index (χ1n) is 13.5. The van der Waals surface area contributed by atoms with Crippen molar-refractivity contribution in [1.29, 1.82) is 0 Å². The Labute approximate surface area is 234 Å². The molecule has 1 heterocycles. The Morgan fingerprint density at radius 1 is 0.925 bits per heavy atom. The molecule has 1 unspecified atom stereocenters. The van der Waals surface area contributed by atoms with Gasteiger partial charge in [-0.05, 0) is 53.3 Å². The van der Waals surface area contributed by atoms with E-state index in [9.17, 15) is 13.9 Å². The Kier molecular flexibility index (Phi) is 8.70. The molecular weight excluding hydrogens is 506 g/mol. The number of hydrogen-bond donors (Lipinski definition) is 2. The number of halogens is 2. The van der Waals surface area contributed by atoms with E-state index in [1.807, 2.05) is 48.5 Å². The molecule has 5 rings (SSSR count). The molecule has 0 saturated carbocycles. The summed E-state index contributed by atoms with van der Waals surface area (Å²) in [4.78, 5) is 2.28. The molecule has 0 aromatic heterocycles. The van der Waals surface area contributed by atoms with Crippen molar-refractivity contribution in [3.05, 3.63) is 149 Å². The van der Waals surface area contributed by atoms with Gasteiger partial charge in [0.1, 0.15) is 24.0 Å². The van der Waals surface area contributed by atoms with Crippen LogP contribution in [0.5, 0.6) is 5.75 Å². The molecule has 0 aliphatic carbocycles. The highest BCUT2D eigenvalue weighted by atomic mass is 19.1. The van der Waals surface area contributed by atoms with Crippen molar-refractivity contribution < 1.29 is 18.6 Å². The van der Waals surface area contributed by atoms with Gasteiger partial charge >= 0.3 is 0 Å². The lowest BCUT2D eigenvalue weighted by Crippen LogP contribution is -2.55. The predicted octanol–water partition coefficient (Wildman–Crippen LogP) is 5.98. The number of ether oxygens (including phenoxy) is 1. The smallest absolute Gasteiger partial charge is 0.126 e. The molecule has 6 heteroatoms. The lowest BCUT2D eigenvalue weighted by Gasteiger charge is -2.45. The second-order valence-corrected chi connectivity index (χ2v) is 10.3. The number of hydrogen-bond acceptors (Lipinski definition) is 4. The van der Waals surface area contributed by atoms with Gasteiger partial charge in [0.05, 0.1) is 12.1 Å². The zero-order chi connectivity index (χ0) is 28.1. The van der Waals surface area contributed by atoms with Crippen LogP contribution in [0, 0.1) is 11.6 Å². The summed E-state index contributed by atoms with van der Waals surface area (Å²) in [5.74, 6) is -0.537. The van der Waals surface area contributed by atoms with Gasteiger partial charge < -0.3 is 15.6 Å². The Balaban J connectivity index is 1.56. The van der Waals surface area contributed by atoms with Gasteiger partial charge in [-0.1, -0.05) is 85.5 Å². The summed E-state index contributed by atoms with van der Waals surface area (Å²) in [6.07, 6.45) is 1.41. The zero-order valence-corrected chi connectivity index (χ0v) is 22.3. The van der Waals surface area contributed by atoms with Crippen LogP contribution in [0.25, 0.3) is 0 Å². The van der Waals surface area contributed by atoms with E-state index in [1.54, 1.807) is 6.08 Å². The fourth-order valence-electron chi connectivity index (χ4n) is 5.76. The number of aliphatic hydroxyl groups is 1. The number of nitrogens with zero attached hydrogens (tertiary/aromatic N) is 1. The molecule has 0 saturated heterocycles. The van der Waals surface area contributed by atoms with Crippen LogP contribution in [0.1, 0.15) is 33.9 Å². The molecule has 0 fully saturated rings. The van der Waals surface area contributed by atoms with Crippen LogP contribution in [0.4, 0.5) is 8.78 Å². The van der Waals surface area contributed by atoms with Gasteiger partial charge in [0.25, 0.3) is 0 Å². The third-order valence-corrected chi connectivity index (χ3v) is 7.57. The summed E-state index contributed by atoms with van der Waals surface area (Å²) in [5, 5.41) is 11.8. The lowest BCUT2D eigenvalue weighted by atomic mass is 9.83. The second-order valence-electron chi connectivity index (χ2n) is 10.3. The van der Waals surface area contributed by atoms with E-state index in [4.69, 9.17) is 10.5 Å². The van der Waals surface area contributed by atoms with Gasteiger partial charge in [0.15, 0.2) is 0 Å². The van der Waals surface area contributed by atoms with E-state index in [2.05, 4.69) is 41.8 Å². The van der Waals surface area contributed by atoms with Crippen LogP contribution < -0.4 is 10.5 Å². The first kappa shape index (κ1) is 27.7. The van der Waals surface area contributed by atoms with Gasteiger partial charge in [-0.15, -0.1) is 0 Å². The third-order valence-electron chi connectivity index (χ3n) is 7.57. The van der Waals surface area contributed by atoms with Crippen LogP contribution >= 0.6 is 0 Å². The summed E-state index contributed by atoms with van der Waals surface area (Å²) >= 11 is 0. The molecule has 0 spiro atoms. The van der Waals surface area contributed by atoms with E-state index in [0.29, 0.717) is 25.1 Å². The molecule has 0 radical (unpaired) electrons. The van der Waals surface area contributed by atoms with E-state index >= 15 is 0 Å². The fourth-order valence-corrected chi connectivity index (χ4v) is 5.76. The van der Waals surface area contributed by atoms with Crippen LogP contribution in [0.3, 0.4) is 0 Å². The molecule has 3 N–H and O–H groups in total. The van der Waals surface area contributed by atoms with E-state index in [1.165, 1.54) is 12.1 Å². The van der Waals surface area contributed by atoms with Crippen molar-refractivity contribution >= 4 is 0 Å². The fraction of sp³-hybridized carbons (Fsp3) is 0.235. The first-order valence-corrected chi connectivity index (χ1v) is 13.5. The van der Waals surface area contributed by atoms with E-state index in [-0.39, 0.29) is 18.5 Å². The average molecular weight is 541 g/mol. The van der Waals surface area contributed by atoms with Crippen LogP contribution in [-0.2, 0) is 19.4 Å². The van der Waals surface area contributed by atoms with Crippen LogP contribution in [-0.4, -0.2) is 34.8 Å². The van der Waals surface area contributed by atoms with Gasteiger partial charge in [-0.3, -0.25) is 4.90 Å². The van der Waals surface area contributed by atoms with Crippen molar-refractivity contribution in [2.75, 3.05) is 6.61 Å². The molecule has 1 aliphatic rings. The molecule has 1 aliphatic heterocycles. The first-order chi connectivity index (χ1) is 19.4. The second kappa shape index (κ2) is 12.6. The van der Waals surface area contributed by atoms with Crippen molar-refractivity contribution in [3.8, 4) is 5.75 Å². The van der Waals surface area contributed by atoms with Crippen molar-refractivity contribution in [1.82, 2.24) is 4.90 Å². The minimum Gasteiger partial charge on any atom is -0.489 e. The van der Waals surface area contributed by atoms with Crippen LogP contribution in [0.2, 0.25) is 0 Å². The molecule has 4 nitrogen and oxygen atoms in total. The van der Waals surface area contributed by atoms with Crippen LogP contribution in [0.15, 0.2) is 110 Å². The van der Waals surface area contributed by atoms with Gasteiger partial charge in [0.2, 0.25) is 0 Å². The standard InChI is InChI=1S/C34H34F2N2O2/c1-2-16-40-32-15-9-14-26-20-31(34(39)30(37)19-23-17-27(35)21-28(36)18-23)38(22-29(26)32)33(24-10-5-3-6-11-24)25-12-7-4-8-13-25/h2-15,17-18,21,30-31,33-34,39H,1,16,19-20,22,37H2/t30-,31?,34-/m0/s1. The number of aliphatic hydroxyl groups excluding tert-OH is 1. The van der Waals surface area contributed by atoms with Crippen molar-refractivity contribution in [3.63, 3.8) is 0 Å². The summed E-state index contributed by atoms with van der Waals surface area (Å²) < 4.78 is 33.8. The molecule has 4 aromatic carbocycles. The van der Waals surface area contributed by atoms with Gasteiger partial charge in [-0.2, -0.15) is 0 Å². The van der Waals surface area contributed by atoms with Crippen molar-refractivity contribution in [2.45, 2.75) is 43.6 Å². The van der Waals surface area contributed by atoms with Gasteiger partial charge in [-0.25, -0.2) is 8.78 Å². The molecule has 4 aromatic rings. The van der Waals surface area contributed by atoms with Crippen molar-refractivity contribution in [2.24, 2.45) is 5.73 Å². The summed E-state index contributed by atoms with van der Waals surface area (Å²) in [6.45, 7) is 4.68. The third kappa shape index (κ3) is 6.15. The summed E-state index contributed by atoms with van der Waals surface area (Å²) in [5.41, 5.74) is 11.3. The molecular formula is C34H34F2N2O2. The maximum absolute atomic E-state index is 13.9. The Bertz CT molecular complexity index is 1370. The highest BCUT2D eigenvalue weighted by Gasteiger charge is 2.40. The van der Waals surface area contributed by atoms with E-state index in [0.717, 1.165) is 34.1 Å². The predicted molar refractivity (Wildman–Crippen MR) is 154 cm³/mol. The molecule has 3 atom stereocenters. The number of fused-ring (bicyclic) bond motifs is 1. The largest absolute Gasteiger partial charge is 0.489 e. The highest BCUT2D eigenvalue weighted by molar-refractivity contribution is 5.44. The number of rotatable bonds is 10. The maximum atomic E-state index is 13.9. The Hall–Kier alpha value is -3.84. The monoisotopic (exact) mass is 540 g/mol. The topological polar surface area (TPSA) is 58.7 Å². The maximum Gasteiger partial charge on any atom is 0.126 e. The lowest BCUT2D eigenvalue weighted by molar-refractivity contribution is 0.00542. The quantitative estimate of drug-likeness (QED) is 0.243. The average Bonchev–Trinajstić information content (AvgIpc) is 2.96. The molecule has 40 heavy (non-hydrogen) atoms. The molecule has 0 bridgehead atoms. The number of nitrogens with two attached hydrogens (primary N) is 1. The summed E-state index contributed by atoms with van der Waals surface area (Å²) in [6, 6.07) is 28.4. The minimum absolute atomic E-state index is 0.136. The SMILES string of the molecule is C=CCOc1cccc2c1CN(C(c1ccccc1)c1ccccc1)C([C@@H](O)[C@@H](N)Cc1cc(F)cc(F)c1)C2. The molecule has 0 amide bonds. The Morgan fingerprint density at radius 2 is 1.55 bits per heavy atom. The molecule has 206 valence electrons.